The quantitative estimate of drug-likeness (QED) is 0.503. The molecule has 0 aromatic heterocycles. The largest absolute Gasteiger partial charge is 0.397 e. The lowest BCUT2D eigenvalue weighted by molar-refractivity contribution is 0.0124. The van der Waals surface area contributed by atoms with Crippen molar-refractivity contribution in [3.05, 3.63) is 23.8 Å². The van der Waals surface area contributed by atoms with Gasteiger partial charge >= 0.3 is 0 Å². The third-order valence-electron chi connectivity index (χ3n) is 2.99. The van der Waals surface area contributed by atoms with E-state index >= 15 is 0 Å². The molecule has 1 fully saturated rings. The standard InChI is InChI=1S/C11H17N3O/c12-9-3-2-8(6-10(9)13)11(15)4-1-5-14-7-11/h2-3,6,14-15H,1,4-5,7,12-13H2. The summed E-state index contributed by atoms with van der Waals surface area (Å²) >= 11 is 0. The Morgan fingerprint density at radius 2 is 2.07 bits per heavy atom. The Hall–Kier alpha value is -1.26. The van der Waals surface area contributed by atoms with Gasteiger partial charge in [-0.25, -0.2) is 0 Å². The van der Waals surface area contributed by atoms with Crippen molar-refractivity contribution in [1.29, 1.82) is 0 Å². The summed E-state index contributed by atoms with van der Waals surface area (Å²) in [7, 11) is 0. The monoisotopic (exact) mass is 207 g/mol. The highest BCUT2D eigenvalue weighted by Crippen LogP contribution is 2.30. The Kier molecular flexibility index (Phi) is 2.54. The van der Waals surface area contributed by atoms with Crippen LogP contribution in [0.15, 0.2) is 18.2 Å². The van der Waals surface area contributed by atoms with Gasteiger partial charge in [-0.1, -0.05) is 6.07 Å². The van der Waals surface area contributed by atoms with E-state index in [-0.39, 0.29) is 0 Å². The summed E-state index contributed by atoms with van der Waals surface area (Å²) in [5.41, 5.74) is 12.5. The van der Waals surface area contributed by atoms with Crippen LogP contribution in [0.3, 0.4) is 0 Å². The van der Waals surface area contributed by atoms with Crippen LogP contribution in [-0.4, -0.2) is 18.2 Å². The van der Waals surface area contributed by atoms with Crippen LogP contribution >= 0.6 is 0 Å². The molecule has 2 rings (SSSR count). The second kappa shape index (κ2) is 3.72. The van der Waals surface area contributed by atoms with Crippen LogP contribution in [0.2, 0.25) is 0 Å². The van der Waals surface area contributed by atoms with Gasteiger partial charge in [-0.15, -0.1) is 0 Å². The van der Waals surface area contributed by atoms with Gasteiger partial charge in [0.05, 0.1) is 11.4 Å². The molecule has 4 nitrogen and oxygen atoms in total. The van der Waals surface area contributed by atoms with Crippen molar-refractivity contribution in [2.45, 2.75) is 18.4 Å². The summed E-state index contributed by atoms with van der Waals surface area (Å²) in [6, 6.07) is 5.36. The lowest BCUT2D eigenvalue weighted by Gasteiger charge is -2.33. The molecule has 1 aliphatic rings. The Labute approximate surface area is 89.3 Å². The molecule has 82 valence electrons. The van der Waals surface area contributed by atoms with Crippen molar-refractivity contribution in [2.75, 3.05) is 24.6 Å². The fraction of sp³-hybridized carbons (Fsp3) is 0.455. The SMILES string of the molecule is Nc1ccc(C2(O)CCCNC2)cc1N. The molecule has 1 aromatic carbocycles. The van der Waals surface area contributed by atoms with Crippen molar-refractivity contribution in [1.82, 2.24) is 5.32 Å². The molecule has 0 radical (unpaired) electrons. The highest BCUT2D eigenvalue weighted by molar-refractivity contribution is 5.64. The molecular weight excluding hydrogens is 190 g/mol. The minimum atomic E-state index is -0.792. The smallest absolute Gasteiger partial charge is 0.102 e. The van der Waals surface area contributed by atoms with Crippen molar-refractivity contribution in [3.63, 3.8) is 0 Å². The number of anilines is 2. The zero-order valence-electron chi connectivity index (χ0n) is 8.66. The molecule has 1 heterocycles. The van der Waals surface area contributed by atoms with E-state index in [4.69, 9.17) is 11.5 Å². The van der Waals surface area contributed by atoms with E-state index in [2.05, 4.69) is 5.32 Å². The first kappa shape index (κ1) is 10.3. The topological polar surface area (TPSA) is 84.3 Å². The number of piperidine rings is 1. The van der Waals surface area contributed by atoms with Gasteiger partial charge in [0, 0.05) is 6.54 Å². The van der Waals surface area contributed by atoms with E-state index in [9.17, 15) is 5.11 Å². The molecule has 15 heavy (non-hydrogen) atoms. The molecule has 0 saturated carbocycles. The molecule has 0 aliphatic carbocycles. The first-order valence-electron chi connectivity index (χ1n) is 5.20. The minimum Gasteiger partial charge on any atom is -0.397 e. The van der Waals surface area contributed by atoms with E-state index in [1.54, 1.807) is 12.1 Å². The Bertz CT molecular complexity index is 359. The van der Waals surface area contributed by atoms with Gasteiger partial charge in [0.1, 0.15) is 5.60 Å². The Balaban J connectivity index is 2.31. The summed E-state index contributed by atoms with van der Waals surface area (Å²) in [5.74, 6) is 0. The van der Waals surface area contributed by atoms with E-state index in [0.717, 1.165) is 24.9 Å². The van der Waals surface area contributed by atoms with E-state index in [1.165, 1.54) is 0 Å². The highest BCUT2D eigenvalue weighted by Gasteiger charge is 2.31. The molecule has 1 atom stereocenters. The van der Waals surface area contributed by atoms with Crippen LogP contribution < -0.4 is 16.8 Å². The number of nitrogens with two attached hydrogens (primary N) is 2. The van der Waals surface area contributed by atoms with Crippen LogP contribution in [0, 0.1) is 0 Å². The predicted molar refractivity (Wildman–Crippen MR) is 61.3 cm³/mol. The minimum absolute atomic E-state index is 0.534. The normalized spacial score (nSPS) is 26.5. The maximum atomic E-state index is 10.4. The van der Waals surface area contributed by atoms with E-state index in [0.29, 0.717) is 17.9 Å². The number of benzene rings is 1. The van der Waals surface area contributed by atoms with Gasteiger partial charge in [-0.3, -0.25) is 0 Å². The molecular formula is C11H17N3O. The van der Waals surface area contributed by atoms with Crippen molar-refractivity contribution >= 4 is 11.4 Å². The molecule has 0 spiro atoms. The molecule has 0 bridgehead atoms. The average Bonchev–Trinajstić information content (AvgIpc) is 2.23. The number of rotatable bonds is 1. The van der Waals surface area contributed by atoms with Crippen LogP contribution in [-0.2, 0) is 5.60 Å². The molecule has 0 amide bonds. The summed E-state index contributed by atoms with van der Waals surface area (Å²) in [6.45, 7) is 1.54. The molecule has 6 N–H and O–H groups in total. The average molecular weight is 207 g/mol. The molecule has 4 heteroatoms. The number of hydrogen-bond acceptors (Lipinski definition) is 4. The molecule has 1 saturated heterocycles. The second-order valence-electron chi connectivity index (χ2n) is 4.16. The number of nitrogens with one attached hydrogen (secondary N) is 1. The number of nitrogen functional groups attached to an aromatic ring is 2. The summed E-state index contributed by atoms with van der Waals surface area (Å²) < 4.78 is 0. The predicted octanol–water partition coefficient (Wildman–Crippen LogP) is 0.422. The second-order valence-corrected chi connectivity index (χ2v) is 4.16. The van der Waals surface area contributed by atoms with Crippen molar-refractivity contribution < 1.29 is 5.11 Å². The van der Waals surface area contributed by atoms with Crippen LogP contribution in [0.25, 0.3) is 0 Å². The zero-order valence-corrected chi connectivity index (χ0v) is 8.66. The Morgan fingerprint density at radius 1 is 1.27 bits per heavy atom. The highest BCUT2D eigenvalue weighted by atomic mass is 16.3. The molecule has 1 unspecified atom stereocenters. The lowest BCUT2D eigenvalue weighted by atomic mass is 9.86. The summed E-state index contributed by atoms with van der Waals surface area (Å²) in [6.07, 6.45) is 1.74. The van der Waals surface area contributed by atoms with Gasteiger partial charge in [-0.2, -0.15) is 0 Å². The van der Waals surface area contributed by atoms with Crippen LogP contribution in [0.4, 0.5) is 11.4 Å². The van der Waals surface area contributed by atoms with Crippen molar-refractivity contribution in [3.8, 4) is 0 Å². The zero-order chi connectivity index (χ0) is 10.9. The van der Waals surface area contributed by atoms with Gasteiger partial charge in [0.15, 0.2) is 0 Å². The van der Waals surface area contributed by atoms with Gasteiger partial charge in [-0.05, 0) is 37.1 Å². The fourth-order valence-corrected chi connectivity index (χ4v) is 2.00. The van der Waals surface area contributed by atoms with Crippen LogP contribution in [0.1, 0.15) is 18.4 Å². The fourth-order valence-electron chi connectivity index (χ4n) is 2.00. The van der Waals surface area contributed by atoms with Crippen molar-refractivity contribution in [2.24, 2.45) is 0 Å². The third-order valence-corrected chi connectivity index (χ3v) is 2.99. The summed E-state index contributed by atoms with van der Waals surface area (Å²) in [4.78, 5) is 0. The van der Waals surface area contributed by atoms with E-state index in [1.807, 2.05) is 6.07 Å². The first-order valence-corrected chi connectivity index (χ1v) is 5.20. The van der Waals surface area contributed by atoms with Gasteiger partial charge in [0.2, 0.25) is 0 Å². The third kappa shape index (κ3) is 1.91. The van der Waals surface area contributed by atoms with Crippen LogP contribution in [0.5, 0.6) is 0 Å². The maximum Gasteiger partial charge on any atom is 0.102 e. The maximum absolute atomic E-state index is 10.4. The number of hydrogen-bond donors (Lipinski definition) is 4. The van der Waals surface area contributed by atoms with Gasteiger partial charge < -0.3 is 21.9 Å². The van der Waals surface area contributed by atoms with Gasteiger partial charge in [0.25, 0.3) is 0 Å². The first-order chi connectivity index (χ1) is 7.12. The number of aliphatic hydroxyl groups is 1. The summed E-state index contributed by atoms with van der Waals surface area (Å²) in [5, 5.41) is 13.6. The van der Waals surface area contributed by atoms with E-state index < -0.39 is 5.60 Å². The number of β-amino-alcohol motifs (C(OH)–C–C–N with tert-alkyl or cyclic N) is 1. The molecule has 1 aromatic rings. The Morgan fingerprint density at radius 3 is 2.67 bits per heavy atom. The lowest BCUT2D eigenvalue weighted by Crippen LogP contribution is -2.43. The molecule has 1 aliphatic heterocycles.